The lowest BCUT2D eigenvalue weighted by Gasteiger charge is -2.43. The van der Waals surface area contributed by atoms with Crippen LogP contribution in [-0.4, -0.2) is 5.97 Å². The molecule has 0 amide bonds. The van der Waals surface area contributed by atoms with Crippen LogP contribution in [0.2, 0.25) is 0 Å². The van der Waals surface area contributed by atoms with Crippen LogP contribution in [-0.2, 0) is 4.79 Å². The van der Waals surface area contributed by atoms with Gasteiger partial charge in [-0.25, -0.2) is 8.78 Å². The zero-order valence-corrected chi connectivity index (χ0v) is 16.0. The first-order valence-electron chi connectivity index (χ1n) is 8.08. The molecule has 1 aromatic carbocycles. The zero-order valence-electron chi connectivity index (χ0n) is 16.0. The second-order valence-electron chi connectivity index (χ2n) is 8.92. The van der Waals surface area contributed by atoms with Crippen LogP contribution in [0.4, 0.5) is 17.6 Å². The Labute approximate surface area is 146 Å². The Morgan fingerprint density at radius 3 is 1.56 bits per heavy atom. The maximum absolute atomic E-state index is 14.0. The zero-order chi connectivity index (χ0) is 20.0. The van der Waals surface area contributed by atoms with E-state index < -0.39 is 51.4 Å². The lowest BCUT2D eigenvalue weighted by Crippen LogP contribution is -2.45. The normalized spacial score (nSPS) is 15.0. The van der Waals surface area contributed by atoms with Crippen LogP contribution in [0.3, 0.4) is 0 Å². The molecule has 0 spiro atoms. The molecule has 0 heterocycles. The Morgan fingerprint density at radius 2 is 1.24 bits per heavy atom. The van der Waals surface area contributed by atoms with Crippen LogP contribution < -0.4 is 4.74 Å². The molecule has 1 unspecified atom stereocenters. The van der Waals surface area contributed by atoms with Gasteiger partial charge in [0.2, 0.25) is 17.4 Å². The first-order valence-corrected chi connectivity index (χ1v) is 8.08. The number of rotatable bonds is 3. The van der Waals surface area contributed by atoms with Crippen molar-refractivity contribution in [2.75, 3.05) is 0 Å². The molecule has 0 radical (unpaired) electrons. The average Bonchev–Trinajstić information content (AvgIpc) is 2.44. The third-order valence-corrected chi connectivity index (χ3v) is 4.63. The van der Waals surface area contributed by atoms with E-state index in [9.17, 15) is 22.4 Å². The Kier molecular flexibility index (Phi) is 5.68. The lowest BCUT2D eigenvalue weighted by molar-refractivity contribution is -0.155. The highest BCUT2D eigenvalue weighted by molar-refractivity contribution is 5.80. The number of halogens is 4. The van der Waals surface area contributed by atoms with Crippen molar-refractivity contribution < 1.29 is 27.1 Å². The second-order valence-corrected chi connectivity index (χ2v) is 8.92. The van der Waals surface area contributed by atoms with Gasteiger partial charge in [-0.3, -0.25) is 4.79 Å². The Morgan fingerprint density at radius 1 is 0.840 bits per heavy atom. The van der Waals surface area contributed by atoms with Crippen LogP contribution in [0.1, 0.15) is 60.5 Å². The van der Waals surface area contributed by atoms with Gasteiger partial charge in [0.05, 0.1) is 5.41 Å². The summed E-state index contributed by atoms with van der Waals surface area (Å²) < 4.78 is 60.3. The fraction of sp³-hybridized carbons (Fsp3) is 0.632. The molecule has 0 aliphatic rings. The second kappa shape index (κ2) is 6.61. The van der Waals surface area contributed by atoms with E-state index in [1.54, 1.807) is 27.7 Å². The van der Waals surface area contributed by atoms with Crippen molar-refractivity contribution in [2.45, 2.75) is 61.8 Å². The third-order valence-electron chi connectivity index (χ3n) is 4.63. The van der Waals surface area contributed by atoms with Crippen LogP contribution in [0.15, 0.2) is 0 Å². The fourth-order valence-electron chi connectivity index (χ4n) is 2.72. The molecule has 0 saturated heterocycles. The maximum Gasteiger partial charge on any atom is 0.317 e. The van der Waals surface area contributed by atoms with Gasteiger partial charge < -0.3 is 4.74 Å². The number of carbonyl (C=O) groups is 1. The van der Waals surface area contributed by atoms with Gasteiger partial charge in [-0.05, 0) is 31.1 Å². The summed E-state index contributed by atoms with van der Waals surface area (Å²) in [5.74, 6) is -8.84. The molecule has 0 aromatic heterocycles. The van der Waals surface area contributed by atoms with Gasteiger partial charge in [0.1, 0.15) is 0 Å². The molecule has 142 valence electrons. The molecular formula is C19H26F4O2. The van der Waals surface area contributed by atoms with Gasteiger partial charge in [-0.1, -0.05) is 41.5 Å². The molecule has 0 N–H and O–H groups in total. The Hall–Kier alpha value is -1.59. The number of hydrogen-bond donors (Lipinski definition) is 0. The number of ether oxygens (including phenoxy) is 1. The van der Waals surface area contributed by atoms with Crippen LogP contribution >= 0.6 is 0 Å². The Balaban J connectivity index is 3.41. The van der Waals surface area contributed by atoms with E-state index in [0.717, 1.165) is 6.92 Å². The molecule has 1 aromatic rings. The number of esters is 1. The number of benzene rings is 1. The van der Waals surface area contributed by atoms with Gasteiger partial charge in [0.25, 0.3) is 0 Å². The van der Waals surface area contributed by atoms with Crippen LogP contribution in [0.5, 0.6) is 5.75 Å². The molecule has 1 atom stereocenters. The molecular weight excluding hydrogens is 336 g/mol. The first-order chi connectivity index (χ1) is 11.0. The molecule has 0 bridgehead atoms. The Bertz CT molecular complexity index is 655. The standard InChI is InChI=1S/C19H26F4O2/c1-10-11(20)13(22)15(14(23)12(10)21)25-16(24)19(8,18(5,6)7)9-17(2,3)4/h9H2,1-8H3. The molecule has 0 aliphatic heterocycles. The summed E-state index contributed by atoms with van der Waals surface area (Å²) in [4.78, 5) is 12.8. The van der Waals surface area contributed by atoms with Crippen LogP contribution in [0, 0.1) is 46.4 Å². The average molecular weight is 362 g/mol. The lowest BCUT2D eigenvalue weighted by atomic mass is 9.61. The molecule has 0 saturated carbocycles. The van der Waals surface area contributed by atoms with Crippen molar-refractivity contribution in [3.05, 3.63) is 28.8 Å². The summed E-state index contributed by atoms with van der Waals surface area (Å²) in [6.45, 7) is 13.7. The molecule has 25 heavy (non-hydrogen) atoms. The quantitative estimate of drug-likeness (QED) is 0.288. The van der Waals surface area contributed by atoms with Crippen molar-refractivity contribution >= 4 is 5.97 Å². The van der Waals surface area contributed by atoms with Crippen LogP contribution in [0.25, 0.3) is 0 Å². The monoisotopic (exact) mass is 362 g/mol. The minimum atomic E-state index is -1.71. The highest BCUT2D eigenvalue weighted by Gasteiger charge is 2.48. The summed E-state index contributed by atoms with van der Waals surface area (Å²) in [7, 11) is 0. The van der Waals surface area contributed by atoms with Gasteiger partial charge in [-0.2, -0.15) is 8.78 Å². The molecule has 0 fully saturated rings. The highest BCUT2D eigenvalue weighted by Crippen LogP contribution is 2.47. The van der Waals surface area contributed by atoms with E-state index in [-0.39, 0.29) is 5.41 Å². The predicted octanol–water partition coefficient (Wildman–Crippen LogP) is 5.95. The van der Waals surface area contributed by atoms with Gasteiger partial charge in [0, 0.05) is 5.56 Å². The molecule has 1 rings (SSSR count). The van der Waals surface area contributed by atoms with E-state index in [1.165, 1.54) is 0 Å². The van der Waals surface area contributed by atoms with Crippen molar-refractivity contribution in [3.63, 3.8) is 0 Å². The van der Waals surface area contributed by atoms with Crippen molar-refractivity contribution in [1.29, 1.82) is 0 Å². The summed E-state index contributed by atoms with van der Waals surface area (Å²) in [6.07, 6.45) is 0.350. The fourth-order valence-corrected chi connectivity index (χ4v) is 2.72. The third kappa shape index (κ3) is 4.15. The largest absolute Gasteiger partial charge is 0.420 e. The number of carbonyl (C=O) groups excluding carboxylic acids is 1. The molecule has 0 aliphatic carbocycles. The summed E-state index contributed by atoms with van der Waals surface area (Å²) in [6, 6.07) is 0. The topological polar surface area (TPSA) is 26.3 Å². The van der Waals surface area contributed by atoms with E-state index in [0.29, 0.717) is 6.42 Å². The van der Waals surface area contributed by atoms with E-state index >= 15 is 0 Å². The number of hydrogen-bond acceptors (Lipinski definition) is 2. The van der Waals surface area contributed by atoms with E-state index in [2.05, 4.69) is 0 Å². The maximum atomic E-state index is 14.0. The SMILES string of the molecule is Cc1c(F)c(F)c(OC(=O)C(C)(CC(C)(C)C)C(C)(C)C)c(F)c1F. The van der Waals surface area contributed by atoms with Crippen molar-refractivity contribution in [1.82, 2.24) is 0 Å². The van der Waals surface area contributed by atoms with E-state index in [1.807, 2.05) is 20.8 Å². The van der Waals surface area contributed by atoms with Gasteiger partial charge in [0.15, 0.2) is 11.6 Å². The molecule has 6 heteroatoms. The van der Waals surface area contributed by atoms with E-state index in [4.69, 9.17) is 4.74 Å². The molecule has 2 nitrogen and oxygen atoms in total. The smallest absolute Gasteiger partial charge is 0.317 e. The van der Waals surface area contributed by atoms with Gasteiger partial charge in [-0.15, -0.1) is 0 Å². The summed E-state index contributed by atoms with van der Waals surface area (Å²) in [5, 5.41) is 0. The predicted molar refractivity (Wildman–Crippen MR) is 88.3 cm³/mol. The van der Waals surface area contributed by atoms with Crippen molar-refractivity contribution in [3.8, 4) is 5.75 Å². The highest BCUT2D eigenvalue weighted by atomic mass is 19.2. The minimum Gasteiger partial charge on any atom is -0.420 e. The first kappa shape index (κ1) is 21.5. The van der Waals surface area contributed by atoms with Crippen molar-refractivity contribution in [2.24, 2.45) is 16.2 Å². The van der Waals surface area contributed by atoms with Gasteiger partial charge >= 0.3 is 5.97 Å². The minimum absolute atomic E-state index is 0.290. The summed E-state index contributed by atoms with van der Waals surface area (Å²) in [5.41, 5.74) is -2.85. The summed E-state index contributed by atoms with van der Waals surface area (Å²) >= 11 is 0.